The normalized spacial score (nSPS) is 20.1. The van der Waals surface area contributed by atoms with Gasteiger partial charge in [-0.2, -0.15) is 0 Å². The standard InChI is InChI=1S/C14H19BrN2O/c1-10-5-6-12(13(15)8-10)14(18)16-9-11-4-3-7-17(11)2/h5-6,8,11H,3-4,7,9H2,1-2H3,(H,16,18). The van der Waals surface area contributed by atoms with E-state index in [1.165, 1.54) is 12.8 Å². The van der Waals surface area contributed by atoms with Crippen LogP contribution >= 0.6 is 15.9 Å². The van der Waals surface area contributed by atoms with Crippen molar-refractivity contribution in [2.24, 2.45) is 0 Å². The van der Waals surface area contributed by atoms with Gasteiger partial charge in [0.1, 0.15) is 0 Å². The van der Waals surface area contributed by atoms with E-state index >= 15 is 0 Å². The predicted octanol–water partition coefficient (Wildman–Crippen LogP) is 2.58. The summed E-state index contributed by atoms with van der Waals surface area (Å²) in [5.41, 5.74) is 1.86. The van der Waals surface area contributed by atoms with E-state index in [4.69, 9.17) is 0 Å². The third-order valence-electron chi connectivity index (χ3n) is 3.54. The van der Waals surface area contributed by atoms with Gasteiger partial charge in [0.05, 0.1) is 5.56 Å². The summed E-state index contributed by atoms with van der Waals surface area (Å²) in [5, 5.41) is 3.02. The Bertz CT molecular complexity index is 447. The highest BCUT2D eigenvalue weighted by Gasteiger charge is 2.21. The van der Waals surface area contributed by atoms with Crippen molar-refractivity contribution in [2.45, 2.75) is 25.8 Å². The summed E-state index contributed by atoms with van der Waals surface area (Å²) in [7, 11) is 2.12. The number of rotatable bonds is 3. The van der Waals surface area contributed by atoms with Gasteiger partial charge in [-0.25, -0.2) is 0 Å². The van der Waals surface area contributed by atoms with Crippen LogP contribution in [0.2, 0.25) is 0 Å². The van der Waals surface area contributed by atoms with Gasteiger partial charge in [0.15, 0.2) is 0 Å². The molecule has 1 atom stereocenters. The molecule has 1 aliphatic heterocycles. The fourth-order valence-electron chi connectivity index (χ4n) is 2.35. The first-order valence-corrected chi connectivity index (χ1v) is 7.12. The molecule has 0 radical (unpaired) electrons. The quantitative estimate of drug-likeness (QED) is 0.930. The molecular formula is C14H19BrN2O. The first-order chi connectivity index (χ1) is 8.58. The van der Waals surface area contributed by atoms with Crippen LogP contribution in [0.1, 0.15) is 28.8 Å². The number of nitrogens with zero attached hydrogens (tertiary/aromatic N) is 1. The topological polar surface area (TPSA) is 32.3 Å². The number of halogens is 1. The molecule has 1 N–H and O–H groups in total. The first kappa shape index (κ1) is 13.6. The summed E-state index contributed by atoms with van der Waals surface area (Å²) in [6, 6.07) is 6.28. The molecule has 4 heteroatoms. The maximum Gasteiger partial charge on any atom is 0.252 e. The van der Waals surface area contributed by atoms with Gasteiger partial charge >= 0.3 is 0 Å². The van der Waals surface area contributed by atoms with Crippen LogP contribution in [0, 0.1) is 6.92 Å². The van der Waals surface area contributed by atoms with Crippen LogP contribution in [0.15, 0.2) is 22.7 Å². The molecule has 1 aromatic rings. The minimum absolute atomic E-state index is 0.00201. The molecule has 98 valence electrons. The SMILES string of the molecule is Cc1ccc(C(=O)NCC2CCCN2C)c(Br)c1. The predicted molar refractivity (Wildman–Crippen MR) is 76.9 cm³/mol. The third kappa shape index (κ3) is 3.12. The maximum atomic E-state index is 12.1. The monoisotopic (exact) mass is 310 g/mol. The van der Waals surface area contributed by atoms with Gasteiger partial charge in [-0.05, 0) is 67.0 Å². The van der Waals surface area contributed by atoms with Crippen molar-refractivity contribution >= 4 is 21.8 Å². The van der Waals surface area contributed by atoms with Crippen molar-refractivity contribution in [2.75, 3.05) is 20.1 Å². The Balaban J connectivity index is 1.95. The average Bonchev–Trinajstić information content (AvgIpc) is 2.72. The molecule has 1 aliphatic rings. The molecule has 18 heavy (non-hydrogen) atoms. The zero-order valence-corrected chi connectivity index (χ0v) is 12.5. The lowest BCUT2D eigenvalue weighted by molar-refractivity contribution is 0.0943. The molecule has 3 nitrogen and oxygen atoms in total. The summed E-state index contributed by atoms with van der Waals surface area (Å²) in [4.78, 5) is 14.4. The molecule has 1 fully saturated rings. The molecular weight excluding hydrogens is 292 g/mol. The van der Waals surface area contributed by atoms with Gasteiger partial charge in [-0.1, -0.05) is 6.07 Å². The highest BCUT2D eigenvalue weighted by molar-refractivity contribution is 9.10. The molecule has 0 spiro atoms. The van der Waals surface area contributed by atoms with Gasteiger partial charge in [0, 0.05) is 17.1 Å². The second-order valence-corrected chi connectivity index (χ2v) is 5.82. The Labute approximate surface area is 117 Å². The van der Waals surface area contributed by atoms with Crippen LogP contribution in [0.25, 0.3) is 0 Å². The third-order valence-corrected chi connectivity index (χ3v) is 4.20. The van der Waals surface area contributed by atoms with Crippen molar-refractivity contribution in [3.8, 4) is 0 Å². The highest BCUT2D eigenvalue weighted by Crippen LogP contribution is 2.19. The van der Waals surface area contributed by atoms with Crippen LogP contribution in [-0.2, 0) is 0 Å². The van der Waals surface area contributed by atoms with E-state index in [1.807, 2.05) is 25.1 Å². The summed E-state index contributed by atoms with van der Waals surface area (Å²) < 4.78 is 0.861. The number of benzene rings is 1. The molecule has 0 aliphatic carbocycles. The zero-order valence-electron chi connectivity index (χ0n) is 10.9. The van der Waals surface area contributed by atoms with Crippen LogP contribution < -0.4 is 5.32 Å². The maximum absolute atomic E-state index is 12.1. The summed E-state index contributed by atoms with van der Waals surface area (Å²) in [6.07, 6.45) is 2.40. The fourth-order valence-corrected chi connectivity index (χ4v) is 3.02. The molecule has 0 aromatic heterocycles. The lowest BCUT2D eigenvalue weighted by Gasteiger charge is -2.19. The van der Waals surface area contributed by atoms with Gasteiger partial charge in [-0.15, -0.1) is 0 Å². The molecule has 2 rings (SSSR count). The number of nitrogens with one attached hydrogen (secondary N) is 1. The second-order valence-electron chi connectivity index (χ2n) is 4.97. The lowest BCUT2D eigenvalue weighted by Crippen LogP contribution is -2.38. The number of likely N-dealkylation sites (tertiary alicyclic amines) is 1. The van der Waals surface area contributed by atoms with Crippen molar-refractivity contribution in [3.05, 3.63) is 33.8 Å². The number of carbonyl (C=O) groups is 1. The van der Waals surface area contributed by atoms with E-state index < -0.39 is 0 Å². The average molecular weight is 311 g/mol. The number of likely N-dealkylation sites (N-methyl/N-ethyl adjacent to an activating group) is 1. The summed E-state index contributed by atoms with van der Waals surface area (Å²) in [5.74, 6) is 0.00201. The number of hydrogen-bond acceptors (Lipinski definition) is 2. The van der Waals surface area contributed by atoms with E-state index in [-0.39, 0.29) is 5.91 Å². The van der Waals surface area contributed by atoms with Crippen LogP contribution in [0.4, 0.5) is 0 Å². The Hall–Kier alpha value is -0.870. The van der Waals surface area contributed by atoms with Crippen molar-refractivity contribution in [1.29, 1.82) is 0 Å². The second kappa shape index (κ2) is 5.85. The van der Waals surface area contributed by atoms with Crippen molar-refractivity contribution < 1.29 is 4.79 Å². The minimum atomic E-state index is 0.00201. The Morgan fingerprint density at radius 2 is 2.33 bits per heavy atom. The van der Waals surface area contributed by atoms with Crippen LogP contribution in [0.5, 0.6) is 0 Å². The zero-order chi connectivity index (χ0) is 13.1. The number of hydrogen-bond donors (Lipinski definition) is 1. The number of aryl methyl sites for hydroxylation is 1. The van der Waals surface area contributed by atoms with E-state index in [2.05, 4.69) is 33.2 Å². The molecule has 1 aromatic carbocycles. The van der Waals surface area contributed by atoms with Crippen LogP contribution in [-0.4, -0.2) is 37.0 Å². The fraction of sp³-hybridized carbons (Fsp3) is 0.500. The molecule has 1 unspecified atom stereocenters. The van der Waals surface area contributed by atoms with E-state index in [9.17, 15) is 4.79 Å². The molecule has 1 saturated heterocycles. The van der Waals surface area contributed by atoms with Crippen molar-refractivity contribution in [1.82, 2.24) is 10.2 Å². The van der Waals surface area contributed by atoms with Crippen LogP contribution in [0.3, 0.4) is 0 Å². The molecule has 1 amide bonds. The van der Waals surface area contributed by atoms with E-state index in [1.54, 1.807) is 0 Å². The summed E-state index contributed by atoms with van der Waals surface area (Å²) >= 11 is 3.44. The van der Waals surface area contributed by atoms with E-state index in [0.29, 0.717) is 11.6 Å². The molecule has 0 bridgehead atoms. The van der Waals surface area contributed by atoms with Gasteiger partial charge < -0.3 is 10.2 Å². The van der Waals surface area contributed by atoms with Gasteiger partial charge in [0.2, 0.25) is 0 Å². The van der Waals surface area contributed by atoms with Gasteiger partial charge in [0.25, 0.3) is 5.91 Å². The smallest absolute Gasteiger partial charge is 0.252 e. The summed E-state index contributed by atoms with van der Waals surface area (Å²) in [6.45, 7) is 3.88. The molecule has 1 heterocycles. The highest BCUT2D eigenvalue weighted by atomic mass is 79.9. The Kier molecular flexibility index (Phi) is 4.40. The van der Waals surface area contributed by atoms with Crippen molar-refractivity contribution in [3.63, 3.8) is 0 Å². The minimum Gasteiger partial charge on any atom is -0.350 e. The lowest BCUT2D eigenvalue weighted by atomic mass is 10.1. The van der Waals surface area contributed by atoms with E-state index in [0.717, 1.165) is 23.1 Å². The number of carbonyl (C=O) groups excluding carboxylic acids is 1. The first-order valence-electron chi connectivity index (χ1n) is 6.32. The molecule has 0 saturated carbocycles. The van der Waals surface area contributed by atoms with Gasteiger partial charge in [-0.3, -0.25) is 4.79 Å². The Morgan fingerprint density at radius 1 is 1.56 bits per heavy atom. The Morgan fingerprint density at radius 3 is 2.94 bits per heavy atom. The number of amides is 1. The largest absolute Gasteiger partial charge is 0.350 e.